The molecule has 1 saturated heterocycles. The van der Waals surface area contributed by atoms with Crippen molar-refractivity contribution in [1.82, 2.24) is 5.32 Å². The van der Waals surface area contributed by atoms with Crippen LogP contribution >= 0.6 is 0 Å². The molecule has 2 amide bonds. The van der Waals surface area contributed by atoms with Crippen LogP contribution in [0.4, 0.5) is 10.1 Å². The number of nitrogens with one attached hydrogen (secondary N) is 3. The van der Waals surface area contributed by atoms with E-state index in [2.05, 4.69) is 10.6 Å². The van der Waals surface area contributed by atoms with Gasteiger partial charge in [-0.3, -0.25) is 9.59 Å². The van der Waals surface area contributed by atoms with E-state index in [-0.39, 0.29) is 18.3 Å². The third-order valence-electron chi connectivity index (χ3n) is 4.83. The van der Waals surface area contributed by atoms with Crippen LogP contribution in [0.2, 0.25) is 0 Å². The zero-order chi connectivity index (χ0) is 21.2. The highest BCUT2D eigenvalue weighted by Gasteiger charge is 2.15. The molecule has 7 nitrogen and oxygen atoms in total. The minimum Gasteiger partial charge on any atom is -0.481 e. The van der Waals surface area contributed by atoms with Crippen molar-refractivity contribution < 1.29 is 28.4 Å². The number of morpholine rings is 1. The van der Waals surface area contributed by atoms with Gasteiger partial charge in [-0.1, -0.05) is 24.3 Å². The normalized spacial score (nSPS) is 14.2. The van der Waals surface area contributed by atoms with Gasteiger partial charge in [0.15, 0.2) is 18.2 Å². The maximum Gasteiger partial charge on any atom is 0.262 e. The number of para-hydroxylation sites is 2. The number of anilines is 1. The third kappa shape index (κ3) is 6.53. The molecule has 0 aromatic heterocycles. The number of quaternary nitrogens is 1. The fraction of sp³-hybridized carbons (Fsp3) is 0.364. The lowest BCUT2D eigenvalue weighted by Crippen LogP contribution is -3.14. The number of carbonyl (C=O) groups is 2. The van der Waals surface area contributed by atoms with Crippen molar-refractivity contribution in [3.8, 4) is 5.75 Å². The molecule has 1 aliphatic heterocycles. The fourth-order valence-corrected chi connectivity index (χ4v) is 3.23. The number of halogens is 1. The maximum atomic E-state index is 13.6. The first-order chi connectivity index (χ1) is 14.6. The molecule has 0 bridgehead atoms. The predicted molar refractivity (Wildman–Crippen MR) is 110 cm³/mol. The highest BCUT2D eigenvalue weighted by Crippen LogP contribution is 2.17. The molecule has 8 heteroatoms. The highest BCUT2D eigenvalue weighted by molar-refractivity contribution is 6.04. The topological polar surface area (TPSA) is 81.1 Å². The standard InChI is InChI=1S/C22H26FN3O4/c23-18-7-2-4-9-20(18)30-16-21(27)25-19-8-3-1-6-17(19)22(28)24-10-5-11-26-12-14-29-15-13-26/h1-4,6-9H,5,10-16H2,(H,24,28)(H,25,27)/p+1. The first-order valence-corrected chi connectivity index (χ1v) is 10.1. The molecule has 0 saturated carbocycles. The number of hydrogen-bond donors (Lipinski definition) is 3. The van der Waals surface area contributed by atoms with Gasteiger partial charge in [0.1, 0.15) is 13.1 Å². The van der Waals surface area contributed by atoms with Crippen molar-refractivity contribution in [2.75, 3.05) is 51.3 Å². The summed E-state index contributed by atoms with van der Waals surface area (Å²) in [5.41, 5.74) is 0.756. The second-order valence-corrected chi connectivity index (χ2v) is 7.03. The molecule has 1 aliphatic rings. The summed E-state index contributed by atoms with van der Waals surface area (Å²) >= 11 is 0. The zero-order valence-corrected chi connectivity index (χ0v) is 16.8. The molecule has 0 spiro atoms. The van der Waals surface area contributed by atoms with E-state index in [9.17, 15) is 14.0 Å². The Labute approximate surface area is 175 Å². The number of ether oxygens (including phenoxy) is 2. The molecule has 30 heavy (non-hydrogen) atoms. The lowest BCUT2D eigenvalue weighted by Gasteiger charge is -2.23. The summed E-state index contributed by atoms with van der Waals surface area (Å²) in [6, 6.07) is 12.6. The van der Waals surface area contributed by atoms with Gasteiger partial charge < -0.3 is 25.0 Å². The van der Waals surface area contributed by atoms with E-state index in [1.165, 1.54) is 17.0 Å². The van der Waals surface area contributed by atoms with Gasteiger partial charge in [-0.25, -0.2) is 4.39 Å². The molecule has 1 heterocycles. The molecular weight excluding hydrogens is 389 g/mol. The van der Waals surface area contributed by atoms with Gasteiger partial charge >= 0.3 is 0 Å². The first kappa shape index (κ1) is 21.7. The highest BCUT2D eigenvalue weighted by atomic mass is 19.1. The van der Waals surface area contributed by atoms with Crippen LogP contribution in [-0.2, 0) is 9.53 Å². The van der Waals surface area contributed by atoms with Crippen LogP contribution in [-0.4, -0.2) is 57.8 Å². The quantitative estimate of drug-likeness (QED) is 0.530. The van der Waals surface area contributed by atoms with E-state index in [4.69, 9.17) is 9.47 Å². The van der Waals surface area contributed by atoms with E-state index in [0.717, 1.165) is 39.3 Å². The molecule has 0 aliphatic carbocycles. The Morgan fingerprint density at radius 3 is 2.60 bits per heavy atom. The molecule has 2 aromatic carbocycles. The Hall–Kier alpha value is -2.97. The summed E-state index contributed by atoms with van der Waals surface area (Å²) in [5, 5.41) is 5.56. The van der Waals surface area contributed by atoms with Crippen molar-refractivity contribution in [3.63, 3.8) is 0 Å². The molecule has 2 aromatic rings. The fourth-order valence-electron chi connectivity index (χ4n) is 3.23. The molecule has 1 fully saturated rings. The molecule has 3 N–H and O–H groups in total. The number of hydrogen-bond acceptors (Lipinski definition) is 4. The molecule has 3 rings (SSSR count). The van der Waals surface area contributed by atoms with Crippen molar-refractivity contribution in [3.05, 3.63) is 59.9 Å². The molecule has 0 atom stereocenters. The molecule has 160 valence electrons. The second-order valence-electron chi connectivity index (χ2n) is 7.03. The second kappa shape index (κ2) is 11.3. The number of benzene rings is 2. The van der Waals surface area contributed by atoms with Crippen LogP contribution < -0.4 is 20.3 Å². The SMILES string of the molecule is O=C(COc1ccccc1F)Nc1ccccc1C(=O)NCCC[NH+]1CCOCC1. The summed E-state index contributed by atoms with van der Waals surface area (Å²) in [4.78, 5) is 26.2. The smallest absolute Gasteiger partial charge is 0.262 e. The Kier molecular flexibility index (Phi) is 8.17. The number of rotatable bonds is 9. The van der Waals surface area contributed by atoms with Crippen molar-refractivity contribution in [2.24, 2.45) is 0 Å². The summed E-state index contributed by atoms with van der Waals surface area (Å²) in [5.74, 6) is -1.27. The average Bonchev–Trinajstić information content (AvgIpc) is 2.77. The van der Waals surface area contributed by atoms with Gasteiger partial charge in [0.05, 0.1) is 31.0 Å². The van der Waals surface area contributed by atoms with E-state index in [0.29, 0.717) is 17.8 Å². The monoisotopic (exact) mass is 416 g/mol. The van der Waals surface area contributed by atoms with E-state index in [1.54, 1.807) is 36.4 Å². The van der Waals surface area contributed by atoms with Gasteiger partial charge in [-0.15, -0.1) is 0 Å². The molecular formula is C22H27FN3O4+. The van der Waals surface area contributed by atoms with Gasteiger partial charge in [0, 0.05) is 13.0 Å². The summed E-state index contributed by atoms with van der Waals surface area (Å²) in [7, 11) is 0. The minimum atomic E-state index is -0.538. The lowest BCUT2D eigenvalue weighted by molar-refractivity contribution is -0.908. The number of amides is 2. The van der Waals surface area contributed by atoms with Crippen molar-refractivity contribution in [2.45, 2.75) is 6.42 Å². The summed E-state index contributed by atoms with van der Waals surface area (Å²) < 4.78 is 24.1. The van der Waals surface area contributed by atoms with E-state index in [1.807, 2.05) is 0 Å². The Morgan fingerprint density at radius 1 is 1.07 bits per heavy atom. The van der Waals surface area contributed by atoms with Crippen molar-refractivity contribution in [1.29, 1.82) is 0 Å². The van der Waals surface area contributed by atoms with Gasteiger partial charge in [-0.2, -0.15) is 0 Å². The van der Waals surface area contributed by atoms with Gasteiger partial charge in [0.25, 0.3) is 11.8 Å². The largest absolute Gasteiger partial charge is 0.481 e. The molecule has 0 unspecified atom stereocenters. The van der Waals surface area contributed by atoms with Crippen molar-refractivity contribution >= 4 is 17.5 Å². The van der Waals surface area contributed by atoms with Crippen LogP contribution in [0.3, 0.4) is 0 Å². The number of carbonyl (C=O) groups excluding carboxylic acids is 2. The van der Waals surface area contributed by atoms with Crippen LogP contribution in [0.5, 0.6) is 5.75 Å². The third-order valence-corrected chi connectivity index (χ3v) is 4.83. The van der Waals surface area contributed by atoms with Gasteiger partial charge in [0.2, 0.25) is 0 Å². The predicted octanol–water partition coefficient (Wildman–Crippen LogP) is 0.878. The van der Waals surface area contributed by atoms with Crippen LogP contribution in [0, 0.1) is 5.82 Å². The summed E-state index contributed by atoms with van der Waals surface area (Å²) in [6.45, 7) is 4.75. The van der Waals surface area contributed by atoms with Crippen LogP contribution in [0.15, 0.2) is 48.5 Å². The van der Waals surface area contributed by atoms with E-state index < -0.39 is 11.7 Å². The molecule has 0 radical (unpaired) electrons. The summed E-state index contributed by atoms with van der Waals surface area (Å²) in [6.07, 6.45) is 0.867. The van der Waals surface area contributed by atoms with Gasteiger partial charge in [-0.05, 0) is 24.3 Å². The lowest BCUT2D eigenvalue weighted by atomic mass is 10.1. The first-order valence-electron chi connectivity index (χ1n) is 10.1. The van der Waals surface area contributed by atoms with E-state index >= 15 is 0 Å². The average molecular weight is 416 g/mol. The maximum absolute atomic E-state index is 13.6. The Bertz CT molecular complexity index is 856. The Balaban J connectivity index is 1.47. The van der Waals surface area contributed by atoms with Crippen LogP contribution in [0.1, 0.15) is 16.8 Å². The zero-order valence-electron chi connectivity index (χ0n) is 16.8. The minimum absolute atomic E-state index is 0.000997. The van der Waals surface area contributed by atoms with Crippen LogP contribution in [0.25, 0.3) is 0 Å². The Morgan fingerprint density at radius 2 is 1.80 bits per heavy atom.